The molecule has 0 unspecified atom stereocenters. The normalized spacial score (nSPS) is 10.9. The van der Waals surface area contributed by atoms with Crippen LogP contribution in [0.4, 0.5) is 33.5 Å². The van der Waals surface area contributed by atoms with Crippen LogP contribution in [0, 0.1) is 29.1 Å². The van der Waals surface area contributed by atoms with Gasteiger partial charge in [0.15, 0.2) is 29.1 Å². The number of aromatic nitrogens is 2. The zero-order chi connectivity index (χ0) is 25.1. The summed E-state index contributed by atoms with van der Waals surface area (Å²) in [6, 6.07) is 16.0. The SMILES string of the molecule is Nc1ccc(-c2cnc(NC(=O)Cc3c(F)c(F)c(F)c(F)c3F)c(Cc3ccccc3)n2)cc1. The van der Waals surface area contributed by atoms with Gasteiger partial charge in [-0.25, -0.2) is 31.9 Å². The van der Waals surface area contributed by atoms with Gasteiger partial charge in [-0.1, -0.05) is 42.5 Å². The third-order valence-electron chi connectivity index (χ3n) is 5.16. The van der Waals surface area contributed by atoms with Crippen LogP contribution in [0.2, 0.25) is 0 Å². The molecule has 0 atom stereocenters. The van der Waals surface area contributed by atoms with Gasteiger partial charge in [-0.2, -0.15) is 0 Å². The van der Waals surface area contributed by atoms with E-state index >= 15 is 0 Å². The molecule has 0 aliphatic heterocycles. The van der Waals surface area contributed by atoms with E-state index in [1.165, 1.54) is 6.20 Å². The topological polar surface area (TPSA) is 80.9 Å². The molecule has 0 saturated heterocycles. The first-order valence-electron chi connectivity index (χ1n) is 10.3. The first-order chi connectivity index (χ1) is 16.7. The number of nitrogens with one attached hydrogen (secondary N) is 1. The van der Waals surface area contributed by atoms with Crippen LogP contribution in [0.25, 0.3) is 11.3 Å². The number of carbonyl (C=O) groups is 1. The molecule has 3 N–H and O–H groups in total. The van der Waals surface area contributed by atoms with Gasteiger partial charge in [-0.3, -0.25) is 4.79 Å². The smallest absolute Gasteiger partial charge is 0.230 e. The van der Waals surface area contributed by atoms with Crippen LogP contribution in [0.3, 0.4) is 0 Å². The fraction of sp³-hybridized carbons (Fsp3) is 0.0800. The molecular formula is C25H17F5N4O. The van der Waals surface area contributed by atoms with Crippen LogP contribution in [-0.2, 0) is 17.6 Å². The number of amides is 1. The van der Waals surface area contributed by atoms with E-state index in [0.717, 1.165) is 5.56 Å². The standard InChI is InChI=1S/C25H17F5N4O/c26-20-16(21(27)23(29)24(30)22(20)28)11-19(35)34-25-17(10-13-4-2-1-3-5-13)33-18(12-32-25)14-6-8-15(31)9-7-14/h1-9,12H,10-11,31H2,(H,32,34,35). The summed E-state index contributed by atoms with van der Waals surface area (Å²) in [6.07, 6.45) is 0.529. The molecule has 178 valence electrons. The quantitative estimate of drug-likeness (QED) is 0.171. The van der Waals surface area contributed by atoms with Gasteiger partial charge in [0.25, 0.3) is 0 Å². The van der Waals surface area contributed by atoms with E-state index in [9.17, 15) is 26.7 Å². The lowest BCUT2D eigenvalue weighted by Crippen LogP contribution is -2.20. The van der Waals surface area contributed by atoms with Gasteiger partial charge in [0, 0.05) is 23.2 Å². The van der Waals surface area contributed by atoms with Crippen LogP contribution >= 0.6 is 0 Å². The number of halogens is 5. The Bertz CT molecular complexity index is 1370. The van der Waals surface area contributed by atoms with Crippen molar-refractivity contribution in [2.24, 2.45) is 0 Å². The van der Waals surface area contributed by atoms with E-state index < -0.39 is 47.0 Å². The molecule has 0 spiro atoms. The minimum Gasteiger partial charge on any atom is -0.399 e. The van der Waals surface area contributed by atoms with Crippen molar-refractivity contribution in [3.63, 3.8) is 0 Å². The van der Waals surface area contributed by atoms with Crippen molar-refractivity contribution >= 4 is 17.4 Å². The van der Waals surface area contributed by atoms with Crippen molar-refractivity contribution in [1.82, 2.24) is 9.97 Å². The van der Waals surface area contributed by atoms with Crippen LogP contribution in [0.15, 0.2) is 60.8 Å². The fourth-order valence-electron chi connectivity index (χ4n) is 3.38. The molecule has 4 aromatic rings. The Kier molecular flexibility index (Phi) is 6.72. The zero-order valence-corrected chi connectivity index (χ0v) is 18.0. The minimum absolute atomic E-state index is 0.0121. The largest absolute Gasteiger partial charge is 0.399 e. The number of rotatable bonds is 6. The third-order valence-corrected chi connectivity index (χ3v) is 5.16. The van der Waals surface area contributed by atoms with Gasteiger partial charge >= 0.3 is 0 Å². The number of nitrogens with two attached hydrogens (primary N) is 1. The maximum Gasteiger partial charge on any atom is 0.230 e. The zero-order valence-electron chi connectivity index (χ0n) is 18.0. The monoisotopic (exact) mass is 484 g/mol. The maximum absolute atomic E-state index is 14.0. The molecule has 1 aromatic heterocycles. The molecule has 1 amide bonds. The van der Waals surface area contributed by atoms with Gasteiger partial charge < -0.3 is 11.1 Å². The van der Waals surface area contributed by atoms with Crippen LogP contribution in [0.1, 0.15) is 16.8 Å². The van der Waals surface area contributed by atoms with Gasteiger partial charge in [-0.05, 0) is 17.7 Å². The number of hydrogen-bond donors (Lipinski definition) is 2. The summed E-state index contributed by atoms with van der Waals surface area (Å²) in [6.45, 7) is 0. The number of nitrogen functional groups attached to an aromatic ring is 1. The lowest BCUT2D eigenvalue weighted by molar-refractivity contribution is -0.115. The Morgan fingerprint density at radius 2 is 1.43 bits per heavy atom. The maximum atomic E-state index is 14.0. The summed E-state index contributed by atoms with van der Waals surface area (Å²) in [5, 5.41) is 2.37. The second kappa shape index (κ2) is 9.88. The van der Waals surface area contributed by atoms with Gasteiger partial charge in [0.2, 0.25) is 11.7 Å². The van der Waals surface area contributed by atoms with E-state index in [4.69, 9.17) is 5.73 Å². The van der Waals surface area contributed by atoms with Gasteiger partial charge in [-0.15, -0.1) is 0 Å². The Balaban J connectivity index is 1.66. The van der Waals surface area contributed by atoms with E-state index in [0.29, 0.717) is 22.6 Å². The van der Waals surface area contributed by atoms with Crippen LogP contribution in [-0.4, -0.2) is 15.9 Å². The van der Waals surface area contributed by atoms with Crippen LogP contribution < -0.4 is 11.1 Å². The molecule has 0 fully saturated rings. The third kappa shape index (κ3) is 5.11. The van der Waals surface area contributed by atoms with E-state index in [1.807, 2.05) is 30.3 Å². The van der Waals surface area contributed by atoms with Crippen molar-refractivity contribution in [3.8, 4) is 11.3 Å². The highest BCUT2D eigenvalue weighted by Crippen LogP contribution is 2.25. The molecule has 35 heavy (non-hydrogen) atoms. The van der Waals surface area contributed by atoms with E-state index in [2.05, 4.69) is 15.3 Å². The predicted molar refractivity (Wildman–Crippen MR) is 120 cm³/mol. The second-order valence-electron chi connectivity index (χ2n) is 7.61. The van der Waals surface area contributed by atoms with Crippen molar-refractivity contribution in [2.75, 3.05) is 11.1 Å². The van der Waals surface area contributed by atoms with Crippen molar-refractivity contribution < 1.29 is 26.7 Å². The van der Waals surface area contributed by atoms with Crippen molar-refractivity contribution in [2.45, 2.75) is 12.8 Å². The first kappa shape index (κ1) is 23.8. The van der Waals surface area contributed by atoms with Crippen molar-refractivity contribution in [1.29, 1.82) is 0 Å². The first-order valence-corrected chi connectivity index (χ1v) is 10.3. The fourth-order valence-corrected chi connectivity index (χ4v) is 3.38. The van der Waals surface area contributed by atoms with Crippen LogP contribution in [0.5, 0.6) is 0 Å². The Hall–Kier alpha value is -4.34. The lowest BCUT2D eigenvalue weighted by Gasteiger charge is -2.13. The summed E-state index contributed by atoms with van der Waals surface area (Å²) in [7, 11) is 0. The summed E-state index contributed by atoms with van der Waals surface area (Å²) in [5.74, 6) is -11.7. The lowest BCUT2D eigenvalue weighted by atomic mass is 10.1. The second-order valence-corrected chi connectivity index (χ2v) is 7.61. The Morgan fingerprint density at radius 1 is 0.829 bits per heavy atom. The summed E-state index contributed by atoms with van der Waals surface area (Å²) >= 11 is 0. The highest BCUT2D eigenvalue weighted by Gasteiger charge is 2.27. The molecule has 0 aliphatic carbocycles. The Morgan fingerprint density at radius 3 is 2.06 bits per heavy atom. The number of anilines is 2. The molecule has 0 bridgehead atoms. The Labute approximate surface area is 196 Å². The average Bonchev–Trinajstić information content (AvgIpc) is 2.86. The summed E-state index contributed by atoms with van der Waals surface area (Å²) in [4.78, 5) is 21.3. The summed E-state index contributed by atoms with van der Waals surface area (Å²) in [5.41, 5.74) is 7.40. The molecule has 4 rings (SSSR count). The molecular weight excluding hydrogens is 467 g/mol. The predicted octanol–water partition coefficient (Wildman–Crippen LogP) is 5.19. The highest BCUT2D eigenvalue weighted by atomic mass is 19.2. The minimum atomic E-state index is -2.29. The van der Waals surface area contributed by atoms with Crippen molar-refractivity contribution in [3.05, 3.63) is 107 Å². The molecule has 3 aromatic carbocycles. The molecule has 0 radical (unpaired) electrons. The van der Waals surface area contributed by atoms with E-state index in [1.54, 1.807) is 24.3 Å². The molecule has 0 saturated carbocycles. The average molecular weight is 484 g/mol. The number of carbonyl (C=O) groups excluding carboxylic acids is 1. The molecule has 10 heteroatoms. The number of hydrogen-bond acceptors (Lipinski definition) is 4. The molecule has 5 nitrogen and oxygen atoms in total. The number of benzene rings is 3. The number of nitrogens with zero attached hydrogens (tertiary/aromatic N) is 2. The molecule has 0 aliphatic rings. The highest BCUT2D eigenvalue weighted by molar-refractivity contribution is 5.92. The summed E-state index contributed by atoms with van der Waals surface area (Å²) < 4.78 is 68.3. The van der Waals surface area contributed by atoms with Gasteiger partial charge in [0.1, 0.15) is 0 Å². The molecule has 1 heterocycles. The van der Waals surface area contributed by atoms with E-state index in [-0.39, 0.29) is 12.2 Å². The van der Waals surface area contributed by atoms with Gasteiger partial charge in [0.05, 0.1) is 24.0 Å².